The SMILES string of the molecule is C[C@@H](/C=C/CC(=O)N1CCC[C@H]1CO)[C@]1(O)C(=O)N(Cc2cccc(N3CCCC3=O)c2)c2ccc(N3CCCC3=O)cc21. The van der Waals surface area contributed by atoms with Crippen LogP contribution >= 0.6 is 0 Å². The second-order valence-electron chi connectivity index (χ2n) is 12.3. The average molecular weight is 601 g/mol. The third kappa shape index (κ3) is 5.30. The van der Waals surface area contributed by atoms with Gasteiger partial charge in [-0.15, -0.1) is 0 Å². The van der Waals surface area contributed by atoms with Crippen molar-refractivity contribution in [2.24, 2.45) is 5.92 Å². The number of rotatable bonds is 9. The molecule has 0 aromatic heterocycles. The summed E-state index contributed by atoms with van der Waals surface area (Å²) in [5.74, 6) is -1.17. The quantitative estimate of drug-likeness (QED) is 0.427. The summed E-state index contributed by atoms with van der Waals surface area (Å²) < 4.78 is 0. The molecule has 4 amide bonds. The van der Waals surface area contributed by atoms with Crippen LogP contribution in [-0.2, 0) is 31.3 Å². The minimum absolute atomic E-state index is 0.0116. The molecule has 0 bridgehead atoms. The van der Waals surface area contributed by atoms with Crippen LogP contribution in [0.1, 0.15) is 63.0 Å². The molecule has 10 heteroatoms. The molecule has 0 saturated carbocycles. The number of aliphatic hydroxyl groups is 2. The Bertz CT molecular complexity index is 1510. The Labute approximate surface area is 257 Å². The molecular formula is C34H40N4O6. The van der Waals surface area contributed by atoms with Crippen molar-refractivity contribution in [1.29, 1.82) is 0 Å². The van der Waals surface area contributed by atoms with Gasteiger partial charge in [0, 0.05) is 61.8 Å². The molecule has 4 aliphatic heterocycles. The fourth-order valence-corrected chi connectivity index (χ4v) is 7.09. The van der Waals surface area contributed by atoms with Crippen LogP contribution in [0.25, 0.3) is 0 Å². The molecule has 232 valence electrons. The Kier molecular flexibility index (Phi) is 8.30. The second kappa shape index (κ2) is 12.2. The van der Waals surface area contributed by atoms with Crippen molar-refractivity contribution in [2.75, 3.05) is 40.9 Å². The van der Waals surface area contributed by atoms with E-state index in [1.54, 1.807) is 50.8 Å². The minimum atomic E-state index is -1.92. The number of hydrogen-bond acceptors (Lipinski definition) is 6. The molecule has 0 unspecified atom stereocenters. The first kappa shape index (κ1) is 30.0. The van der Waals surface area contributed by atoms with Crippen molar-refractivity contribution in [3.63, 3.8) is 0 Å². The van der Waals surface area contributed by atoms with E-state index in [9.17, 15) is 29.4 Å². The summed E-state index contributed by atoms with van der Waals surface area (Å²) in [4.78, 5) is 58.7. The smallest absolute Gasteiger partial charge is 0.264 e. The van der Waals surface area contributed by atoms with E-state index in [4.69, 9.17) is 0 Å². The van der Waals surface area contributed by atoms with Gasteiger partial charge in [0.25, 0.3) is 5.91 Å². The van der Waals surface area contributed by atoms with Gasteiger partial charge in [0.2, 0.25) is 17.7 Å². The number of carbonyl (C=O) groups is 4. The molecule has 44 heavy (non-hydrogen) atoms. The van der Waals surface area contributed by atoms with Crippen LogP contribution in [0.3, 0.4) is 0 Å². The largest absolute Gasteiger partial charge is 0.394 e. The lowest BCUT2D eigenvalue weighted by atomic mass is 9.82. The zero-order chi connectivity index (χ0) is 31.0. The van der Waals surface area contributed by atoms with Crippen molar-refractivity contribution < 1.29 is 29.4 Å². The van der Waals surface area contributed by atoms with Crippen molar-refractivity contribution in [3.05, 3.63) is 65.7 Å². The number of amides is 4. The summed E-state index contributed by atoms with van der Waals surface area (Å²) in [6.45, 7) is 3.74. The lowest BCUT2D eigenvalue weighted by molar-refractivity contribution is -0.139. The van der Waals surface area contributed by atoms with Gasteiger partial charge < -0.3 is 29.8 Å². The zero-order valence-corrected chi connectivity index (χ0v) is 25.2. The van der Waals surface area contributed by atoms with Crippen LogP contribution in [0.5, 0.6) is 0 Å². The van der Waals surface area contributed by atoms with Gasteiger partial charge in [0.05, 0.1) is 24.9 Å². The number of likely N-dealkylation sites (tertiary alicyclic amines) is 1. The molecule has 3 fully saturated rings. The summed E-state index contributed by atoms with van der Waals surface area (Å²) in [7, 11) is 0. The van der Waals surface area contributed by atoms with Crippen LogP contribution in [0.2, 0.25) is 0 Å². The highest BCUT2D eigenvalue weighted by molar-refractivity contribution is 6.08. The minimum Gasteiger partial charge on any atom is -0.394 e. The van der Waals surface area contributed by atoms with Gasteiger partial charge in [-0.25, -0.2) is 0 Å². The van der Waals surface area contributed by atoms with E-state index in [1.807, 2.05) is 30.3 Å². The van der Waals surface area contributed by atoms with Gasteiger partial charge in [-0.2, -0.15) is 0 Å². The molecule has 3 saturated heterocycles. The monoisotopic (exact) mass is 600 g/mol. The fraction of sp³-hybridized carbons (Fsp3) is 0.471. The zero-order valence-electron chi connectivity index (χ0n) is 25.2. The highest BCUT2D eigenvalue weighted by Gasteiger charge is 2.53. The van der Waals surface area contributed by atoms with E-state index < -0.39 is 17.4 Å². The molecule has 4 heterocycles. The Morgan fingerprint density at radius 1 is 0.977 bits per heavy atom. The Morgan fingerprint density at radius 3 is 2.34 bits per heavy atom. The standard InChI is InChI=1S/C34H40N4O6/c1-23(7-2-11-30(40)37-16-4-10-27(37)22-39)34(44)28-20-26(36-18-6-13-32(36)42)14-15-29(28)38(33(34)43)21-24-8-3-9-25(19-24)35-17-5-12-31(35)41/h2-3,7-9,14-15,19-20,23,27,39,44H,4-6,10-13,16-18,21-22H2,1H3/b7-2+/t23-,27-,34+/m0/s1. The fourth-order valence-electron chi connectivity index (χ4n) is 7.09. The number of aliphatic hydroxyl groups excluding tert-OH is 1. The molecule has 3 atom stereocenters. The molecular weight excluding hydrogens is 560 g/mol. The lowest BCUT2D eigenvalue weighted by Gasteiger charge is -2.28. The number of nitrogens with zero attached hydrogens (tertiary/aromatic N) is 4. The predicted octanol–water partition coefficient (Wildman–Crippen LogP) is 3.24. The molecule has 0 radical (unpaired) electrons. The maximum atomic E-state index is 14.2. The molecule has 0 aliphatic carbocycles. The second-order valence-corrected chi connectivity index (χ2v) is 12.3. The van der Waals surface area contributed by atoms with E-state index in [0.717, 1.165) is 36.9 Å². The number of hydrogen-bond donors (Lipinski definition) is 2. The van der Waals surface area contributed by atoms with Gasteiger partial charge in [-0.05, 0) is 61.6 Å². The number of benzene rings is 2. The number of anilines is 3. The summed E-state index contributed by atoms with van der Waals surface area (Å²) in [5.41, 5.74) is 1.32. The molecule has 4 aliphatic rings. The summed E-state index contributed by atoms with van der Waals surface area (Å²) >= 11 is 0. The summed E-state index contributed by atoms with van der Waals surface area (Å²) in [6, 6.07) is 12.8. The molecule has 6 rings (SSSR count). The normalized spacial score (nSPS) is 24.3. The molecule has 2 aromatic carbocycles. The number of fused-ring (bicyclic) bond motifs is 1. The van der Waals surface area contributed by atoms with Gasteiger partial charge in [0.15, 0.2) is 5.60 Å². The van der Waals surface area contributed by atoms with Crippen LogP contribution in [-0.4, -0.2) is 71.0 Å². The first-order valence-corrected chi connectivity index (χ1v) is 15.7. The van der Waals surface area contributed by atoms with E-state index in [2.05, 4.69) is 0 Å². The first-order chi connectivity index (χ1) is 21.2. The lowest BCUT2D eigenvalue weighted by Crippen LogP contribution is -2.44. The molecule has 2 aromatic rings. The van der Waals surface area contributed by atoms with Gasteiger partial charge in [0.1, 0.15) is 0 Å². The third-order valence-corrected chi connectivity index (χ3v) is 9.56. The summed E-state index contributed by atoms with van der Waals surface area (Å²) in [6.07, 6.45) is 7.69. The Hall–Kier alpha value is -4.02. The highest BCUT2D eigenvalue weighted by Crippen LogP contribution is 2.47. The van der Waals surface area contributed by atoms with E-state index in [-0.39, 0.29) is 43.3 Å². The maximum absolute atomic E-state index is 14.2. The molecule has 0 spiro atoms. The van der Waals surface area contributed by atoms with Crippen molar-refractivity contribution in [2.45, 2.75) is 70.1 Å². The van der Waals surface area contributed by atoms with Gasteiger partial charge in [-0.3, -0.25) is 19.2 Å². The van der Waals surface area contributed by atoms with E-state index in [1.165, 1.54) is 0 Å². The number of carbonyl (C=O) groups excluding carboxylic acids is 4. The molecule has 2 N–H and O–H groups in total. The summed E-state index contributed by atoms with van der Waals surface area (Å²) in [5, 5.41) is 21.9. The van der Waals surface area contributed by atoms with Crippen molar-refractivity contribution >= 4 is 40.7 Å². The molecule has 10 nitrogen and oxygen atoms in total. The van der Waals surface area contributed by atoms with Crippen molar-refractivity contribution in [3.8, 4) is 0 Å². The Morgan fingerprint density at radius 2 is 1.68 bits per heavy atom. The Balaban J connectivity index is 1.29. The van der Waals surface area contributed by atoms with Gasteiger partial charge >= 0.3 is 0 Å². The van der Waals surface area contributed by atoms with Crippen LogP contribution in [0.4, 0.5) is 17.1 Å². The maximum Gasteiger partial charge on any atom is 0.264 e. The topological polar surface area (TPSA) is 122 Å². The van der Waals surface area contributed by atoms with Crippen LogP contribution in [0, 0.1) is 5.92 Å². The van der Waals surface area contributed by atoms with Gasteiger partial charge in [-0.1, -0.05) is 31.2 Å². The highest BCUT2D eigenvalue weighted by atomic mass is 16.3. The third-order valence-electron chi connectivity index (χ3n) is 9.56. The van der Waals surface area contributed by atoms with Crippen LogP contribution < -0.4 is 14.7 Å². The van der Waals surface area contributed by atoms with E-state index in [0.29, 0.717) is 49.4 Å². The van der Waals surface area contributed by atoms with Crippen LogP contribution in [0.15, 0.2) is 54.6 Å². The average Bonchev–Trinajstić information content (AvgIpc) is 3.82. The van der Waals surface area contributed by atoms with Crippen molar-refractivity contribution in [1.82, 2.24) is 4.90 Å². The first-order valence-electron chi connectivity index (χ1n) is 15.7. The predicted molar refractivity (Wildman–Crippen MR) is 166 cm³/mol. The van der Waals surface area contributed by atoms with E-state index >= 15 is 0 Å².